The smallest absolute Gasteiger partial charge is 0.135 e. The zero-order valence-electron chi connectivity index (χ0n) is 15.3. The van der Waals surface area contributed by atoms with E-state index in [0.717, 1.165) is 22.9 Å². The van der Waals surface area contributed by atoms with Crippen LogP contribution in [-0.4, -0.2) is 14.1 Å². The summed E-state index contributed by atoms with van der Waals surface area (Å²) < 4.78 is 0.911. The van der Waals surface area contributed by atoms with Crippen molar-refractivity contribution in [2.45, 2.75) is 46.1 Å². The Hall–Kier alpha value is -1.60. The molecule has 0 aromatic heterocycles. The van der Waals surface area contributed by atoms with Gasteiger partial charge >= 0.3 is 0 Å². The number of hydrogen-bond acceptors (Lipinski definition) is 0. The summed E-state index contributed by atoms with van der Waals surface area (Å²) in [6.45, 7) is 7.80. The van der Waals surface area contributed by atoms with Crippen LogP contribution in [0.25, 0.3) is 0 Å². The van der Waals surface area contributed by atoms with Crippen LogP contribution in [0.4, 0.5) is 5.69 Å². The van der Waals surface area contributed by atoms with E-state index in [2.05, 4.69) is 77.3 Å². The van der Waals surface area contributed by atoms with Crippen LogP contribution >= 0.6 is 0 Å². The topological polar surface area (TPSA) is 0 Å². The number of hydrogen-bond donors (Lipinski definition) is 0. The summed E-state index contributed by atoms with van der Waals surface area (Å²) in [6.07, 6.45) is 2.69. The van der Waals surface area contributed by atoms with Crippen molar-refractivity contribution in [2.75, 3.05) is 14.1 Å². The van der Waals surface area contributed by atoms with E-state index in [4.69, 9.17) is 0 Å². The highest BCUT2D eigenvalue weighted by Gasteiger charge is 2.38. The Kier molecular flexibility index (Phi) is 4.33. The molecule has 0 saturated heterocycles. The third-order valence-corrected chi connectivity index (χ3v) is 5.48. The highest BCUT2D eigenvalue weighted by Crippen LogP contribution is 2.50. The van der Waals surface area contributed by atoms with E-state index in [1.165, 1.54) is 35.2 Å². The van der Waals surface area contributed by atoms with Crippen LogP contribution in [0, 0.1) is 19.8 Å². The van der Waals surface area contributed by atoms with E-state index in [9.17, 15) is 0 Å². The average Bonchev–Trinajstić information content (AvgIpc) is 3.29. The Morgan fingerprint density at radius 3 is 2.48 bits per heavy atom. The molecule has 1 fully saturated rings. The lowest BCUT2D eigenvalue weighted by molar-refractivity contribution is 0.388. The van der Waals surface area contributed by atoms with Gasteiger partial charge in [0.15, 0.2) is 0 Å². The molecule has 1 aliphatic rings. The number of rotatable bonds is 5. The molecule has 1 heteroatoms. The number of quaternary nitrogens is 1. The van der Waals surface area contributed by atoms with Crippen LogP contribution in [0.1, 0.15) is 47.9 Å². The molecule has 23 heavy (non-hydrogen) atoms. The van der Waals surface area contributed by atoms with Gasteiger partial charge in [-0.15, -0.1) is 0 Å². The third-order valence-electron chi connectivity index (χ3n) is 5.48. The monoisotopic (exact) mass is 308 g/mol. The fourth-order valence-electron chi connectivity index (χ4n) is 4.00. The molecule has 0 bridgehead atoms. The Morgan fingerprint density at radius 2 is 1.78 bits per heavy atom. The fourth-order valence-corrected chi connectivity index (χ4v) is 4.00. The summed E-state index contributed by atoms with van der Waals surface area (Å²) in [5, 5.41) is 0. The van der Waals surface area contributed by atoms with Gasteiger partial charge in [-0.3, -0.25) is 4.48 Å². The minimum atomic E-state index is 0.801. The van der Waals surface area contributed by atoms with Crippen LogP contribution in [0.2, 0.25) is 0 Å². The van der Waals surface area contributed by atoms with Gasteiger partial charge in [0.2, 0.25) is 0 Å². The zero-order valence-corrected chi connectivity index (χ0v) is 15.3. The second kappa shape index (κ2) is 6.13. The van der Waals surface area contributed by atoms with Gasteiger partial charge in [-0.2, -0.15) is 0 Å². The maximum absolute atomic E-state index is 2.36. The maximum Gasteiger partial charge on any atom is 0.135 e. The summed E-state index contributed by atoms with van der Waals surface area (Å²) in [5.74, 6) is 1.71. The largest absolute Gasteiger partial charge is 0.292 e. The molecule has 0 radical (unpaired) electrons. The standard InChI is InChI=1S/C22H30N/c1-6-18-14-21(18)20-10-8-7-9-19(20)15-23(4,5)22-13-16(2)11-12-17(22)3/h7-13,18,21H,6,14-15H2,1-5H3/q+1. The molecule has 0 aliphatic heterocycles. The molecule has 2 aromatic carbocycles. The third kappa shape index (κ3) is 3.35. The van der Waals surface area contributed by atoms with Gasteiger partial charge < -0.3 is 0 Å². The van der Waals surface area contributed by atoms with Gasteiger partial charge in [-0.1, -0.05) is 49.7 Å². The van der Waals surface area contributed by atoms with Crippen molar-refractivity contribution in [1.29, 1.82) is 0 Å². The molecule has 0 spiro atoms. The summed E-state index contributed by atoms with van der Waals surface area (Å²) in [5.41, 5.74) is 7.28. The van der Waals surface area contributed by atoms with Gasteiger partial charge in [-0.05, 0) is 43.2 Å². The first-order chi connectivity index (χ1) is 10.9. The van der Waals surface area contributed by atoms with Crippen LogP contribution in [0.15, 0.2) is 42.5 Å². The number of benzene rings is 2. The van der Waals surface area contributed by atoms with Gasteiger partial charge in [0.1, 0.15) is 12.2 Å². The molecule has 1 saturated carbocycles. The van der Waals surface area contributed by atoms with Crippen molar-refractivity contribution in [3.8, 4) is 0 Å². The molecular weight excluding hydrogens is 278 g/mol. The lowest BCUT2D eigenvalue weighted by atomic mass is 9.99. The summed E-state index contributed by atoms with van der Waals surface area (Å²) >= 11 is 0. The second-order valence-electron chi connectivity index (χ2n) is 7.84. The molecule has 122 valence electrons. The molecule has 3 rings (SSSR count). The summed E-state index contributed by atoms with van der Waals surface area (Å²) in [6, 6.07) is 15.9. The van der Waals surface area contributed by atoms with Crippen LogP contribution in [0.3, 0.4) is 0 Å². The van der Waals surface area contributed by atoms with E-state index in [1.807, 2.05) is 0 Å². The Bertz CT molecular complexity index is 699. The molecule has 2 unspecified atom stereocenters. The average molecular weight is 308 g/mol. The van der Waals surface area contributed by atoms with E-state index in [-0.39, 0.29) is 0 Å². The minimum Gasteiger partial charge on any atom is -0.292 e. The van der Waals surface area contributed by atoms with E-state index < -0.39 is 0 Å². The van der Waals surface area contributed by atoms with Gasteiger partial charge in [0.25, 0.3) is 0 Å². The number of nitrogens with zero attached hydrogens (tertiary/aromatic N) is 1. The summed E-state index contributed by atoms with van der Waals surface area (Å²) in [7, 11) is 4.67. The van der Waals surface area contributed by atoms with Crippen LogP contribution in [-0.2, 0) is 6.54 Å². The predicted molar refractivity (Wildman–Crippen MR) is 101 cm³/mol. The minimum absolute atomic E-state index is 0.801. The maximum atomic E-state index is 2.36. The first kappa shape index (κ1) is 16.3. The molecular formula is C22H30N+. The van der Waals surface area contributed by atoms with Crippen molar-refractivity contribution in [3.63, 3.8) is 0 Å². The van der Waals surface area contributed by atoms with Gasteiger partial charge in [0, 0.05) is 17.2 Å². The zero-order chi connectivity index (χ0) is 16.6. The van der Waals surface area contributed by atoms with Crippen LogP contribution in [0.5, 0.6) is 0 Å². The number of aryl methyl sites for hydroxylation is 2. The molecule has 0 N–H and O–H groups in total. The molecule has 0 heterocycles. The first-order valence-corrected chi connectivity index (χ1v) is 8.91. The predicted octanol–water partition coefficient (Wildman–Crippen LogP) is 5.58. The van der Waals surface area contributed by atoms with E-state index in [0.29, 0.717) is 0 Å². The fraction of sp³-hybridized carbons (Fsp3) is 0.455. The molecule has 2 atom stereocenters. The molecule has 0 amide bonds. The second-order valence-corrected chi connectivity index (χ2v) is 7.84. The molecule has 2 aromatic rings. The van der Waals surface area contributed by atoms with Gasteiger partial charge in [-0.25, -0.2) is 0 Å². The van der Waals surface area contributed by atoms with Crippen LogP contribution < -0.4 is 4.48 Å². The highest BCUT2D eigenvalue weighted by molar-refractivity contribution is 5.52. The van der Waals surface area contributed by atoms with Crippen molar-refractivity contribution < 1.29 is 0 Å². The quantitative estimate of drug-likeness (QED) is 0.632. The molecule has 1 nitrogen and oxygen atoms in total. The normalized spacial score (nSPS) is 20.6. The Balaban J connectivity index is 1.91. The highest BCUT2D eigenvalue weighted by atomic mass is 15.3. The van der Waals surface area contributed by atoms with Gasteiger partial charge in [0.05, 0.1) is 14.1 Å². The molecule has 1 aliphatic carbocycles. The summed E-state index contributed by atoms with van der Waals surface area (Å²) in [4.78, 5) is 0. The van der Waals surface area contributed by atoms with Crippen molar-refractivity contribution >= 4 is 5.69 Å². The van der Waals surface area contributed by atoms with Crippen molar-refractivity contribution in [3.05, 3.63) is 64.7 Å². The SMILES string of the molecule is CCC1CC1c1ccccc1C[N+](C)(C)c1cc(C)ccc1C. The Labute approximate surface area is 141 Å². The lowest BCUT2D eigenvalue weighted by Crippen LogP contribution is -2.40. The first-order valence-electron chi connectivity index (χ1n) is 8.91. The van der Waals surface area contributed by atoms with Crippen molar-refractivity contribution in [1.82, 2.24) is 4.48 Å². The van der Waals surface area contributed by atoms with Crippen molar-refractivity contribution in [2.24, 2.45) is 5.92 Å². The Morgan fingerprint density at radius 1 is 1.04 bits per heavy atom. The van der Waals surface area contributed by atoms with E-state index >= 15 is 0 Å². The lowest BCUT2D eigenvalue weighted by Gasteiger charge is -2.32. The van der Waals surface area contributed by atoms with E-state index in [1.54, 1.807) is 5.56 Å².